The summed E-state index contributed by atoms with van der Waals surface area (Å²) in [5.41, 5.74) is 2.79. The number of rotatable bonds is 9. The molecule has 1 heterocycles. The smallest absolute Gasteiger partial charge is 0.282 e. The summed E-state index contributed by atoms with van der Waals surface area (Å²) in [7, 11) is 1.57. The summed E-state index contributed by atoms with van der Waals surface area (Å²) >= 11 is -0.296. The molecule has 0 radical (unpaired) electrons. The second-order valence-electron chi connectivity index (χ2n) is 6.48. The van der Waals surface area contributed by atoms with Crippen LogP contribution in [-0.2, 0) is 11.2 Å². The molecule has 0 saturated heterocycles. The molecule has 1 amide bonds. The van der Waals surface area contributed by atoms with Crippen molar-refractivity contribution < 1.29 is 18.3 Å². The zero-order valence-electron chi connectivity index (χ0n) is 16.4. The number of alkyl halides is 3. The Hall–Kier alpha value is -2.62. The molecule has 0 atom stereocenters. The highest BCUT2D eigenvalue weighted by atomic mass is 127. The third-order valence-corrected chi connectivity index (χ3v) is 5.70. The van der Waals surface area contributed by atoms with E-state index in [0.717, 1.165) is 11.1 Å². The Morgan fingerprint density at radius 3 is 2.50 bits per heavy atom. The minimum Gasteiger partial charge on any atom is -0.497 e. The van der Waals surface area contributed by atoms with Crippen molar-refractivity contribution in [3.63, 3.8) is 0 Å². The first kappa shape index (κ1) is 22.1. The topological polar surface area (TPSA) is 56.2 Å². The van der Waals surface area contributed by atoms with Crippen molar-refractivity contribution in [2.24, 2.45) is 0 Å². The summed E-state index contributed by atoms with van der Waals surface area (Å²) in [5.74, 6) is 0.715. The lowest BCUT2D eigenvalue weighted by Crippen LogP contribution is -2.26. The average molecular weight is 525 g/mol. The molecule has 5 nitrogen and oxygen atoms in total. The van der Waals surface area contributed by atoms with Crippen LogP contribution in [-0.4, -0.2) is 38.3 Å². The van der Waals surface area contributed by atoms with Gasteiger partial charge in [0, 0.05) is 12.1 Å². The first-order valence-corrected chi connectivity index (χ1v) is 12.3. The minimum absolute atomic E-state index is 0.0392. The Labute approximate surface area is 183 Å². The van der Waals surface area contributed by atoms with Gasteiger partial charge < -0.3 is 10.1 Å². The van der Waals surface area contributed by atoms with Crippen molar-refractivity contribution >= 4 is 31.2 Å². The summed E-state index contributed by atoms with van der Waals surface area (Å²) in [4.78, 5) is 11.5. The zero-order chi connectivity index (χ0) is 21.5. The molecule has 0 unspecified atom stereocenters. The Kier molecular flexibility index (Phi) is 7.67. The fourth-order valence-corrected chi connectivity index (χ4v) is 3.71. The van der Waals surface area contributed by atoms with Gasteiger partial charge in [0.1, 0.15) is 11.4 Å². The van der Waals surface area contributed by atoms with E-state index >= 15 is 0 Å². The Morgan fingerprint density at radius 1 is 1.20 bits per heavy atom. The molecule has 3 aromatic rings. The van der Waals surface area contributed by atoms with Gasteiger partial charge in [-0.3, -0.25) is 4.79 Å². The van der Waals surface area contributed by atoms with Gasteiger partial charge in [0.15, 0.2) is 0 Å². The van der Waals surface area contributed by atoms with Gasteiger partial charge in [-0.2, -0.15) is 5.10 Å². The van der Waals surface area contributed by atoms with Crippen molar-refractivity contribution in [1.82, 2.24) is 15.1 Å². The van der Waals surface area contributed by atoms with Gasteiger partial charge in [0.25, 0.3) is 6.43 Å². The van der Waals surface area contributed by atoms with E-state index in [-0.39, 0.29) is 32.3 Å². The van der Waals surface area contributed by atoms with E-state index in [9.17, 15) is 13.6 Å². The van der Waals surface area contributed by atoms with Crippen LogP contribution in [0.1, 0.15) is 17.7 Å². The number of nitrogens with one attached hydrogen (secondary N) is 1. The highest BCUT2D eigenvalue weighted by Crippen LogP contribution is 2.29. The van der Waals surface area contributed by atoms with Gasteiger partial charge >= 0.3 is 0 Å². The van der Waals surface area contributed by atoms with E-state index in [4.69, 9.17) is 4.74 Å². The summed E-state index contributed by atoms with van der Waals surface area (Å²) in [6.45, 7) is 0.557. The first-order chi connectivity index (χ1) is 14.5. The number of methoxy groups -OCH3 is 1. The first-order valence-electron chi connectivity index (χ1n) is 9.23. The molecule has 30 heavy (non-hydrogen) atoms. The fraction of sp³-hybridized carbons (Fsp3) is 0.227. The third-order valence-electron chi connectivity index (χ3n) is 4.47. The molecule has 0 aliphatic rings. The number of hydrogen-bond acceptors (Lipinski definition) is 3. The van der Waals surface area contributed by atoms with Crippen LogP contribution in [0.15, 0.2) is 54.6 Å². The standard InChI is InChI=1S/C22H22F2IN3O2/c1-25-14-21(29)26-12-11-15-3-5-16(6-4-15)20-13-19(22(23)24)27-28(20)17-7-9-18(30-2)10-8-17/h3-10,13,22H,1,11-12,14H2,2H3,(H,26,29). The summed E-state index contributed by atoms with van der Waals surface area (Å²) in [6, 6.07) is 16.1. The number of carbonyl (C=O) groups excluding carboxylic acids is 1. The van der Waals surface area contributed by atoms with Gasteiger partial charge in [0.2, 0.25) is 5.91 Å². The predicted octanol–water partition coefficient (Wildman–Crippen LogP) is 4.55. The maximum Gasteiger partial charge on any atom is 0.282 e. The van der Waals surface area contributed by atoms with Gasteiger partial charge in [-0.05, 0) is 42.3 Å². The Bertz CT molecular complexity index is 1000. The van der Waals surface area contributed by atoms with Crippen LogP contribution in [0.2, 0.25) is 0 Å². The molecule has 0 aliphatic carbocycles. The Balaban J connectivity index is 1.82. The molecule has 0 fully saturated rings. The summed E-state index contributed by atoms with van der Waals surface area (Å²) in [6.07, 6.45) is -1.96. The zero-order valence-corrected chi connectivity index (χ0v) is 18.6. The van der Waals surface area contributed by atoms with E-state index in [0.29, 0.717) is 34.5 Å². The molecule has 8 heteroatoms. The van der Waals surface area contributed by atoms with Gasteiger partial charge in [-0.1, -0.05) is 28.8 Å². The maximum atomic E-state index is 13.3. The van der Waals surface area contributed by atoms with Crippen LogP contribution >= 0.6 is 20.7 Å². The van der Waals surface area contributed by atoms with Crippen molar-refractivity contribution in [3.05, 3.63) is 65.9 Å². The Morgan fingerprint density at radius 2 is 1.90 bits per heavy atom. The summed E-state index contributed by atoms with van der Waals surface area (Å²) < 4.78 is 37.6. The van der Waals surface area contributed by atoms with Gasteiger partial charge in [-0.25, -0.2) is 13.5 Å². The van der Waals surface area contributed by atoms with Crippen molar-refractivity contribution in [1.29, 1.82) is 0 Å². The molecule has 0 bridgehead atoms. The predicted molar refractivity (Wildman–Crippen MR) is 123 cm³/mol. The van der Waals surface area contributed by atoms with Crippen LogP contribution in [0.5, 0.6) is 5.75 Å². The van der Waals surface area contributed by atoms with Crippen LogP contribution in [0.4, 0.5) is 8.78 Å². The van der Waals surface area contributed by atoms with E-state index in [1.807, 2.05) is 24.3 Å². The molecule has 1 N–H and O–H groups in total. The number of hydrogen-bond donors (Lipinski definition) is 1. The van der Waals surface area contributed by atoms with E-state index < -0.39 is 6.43 Å². The lowest BCUT2D eigenvalue weighted by atomic mass is 10.1. The number of amides is 1. The number of carbonyl (C=O) groups is 1. The normalized spacial score (nSPS) is 10.9. The largest absolute Gasteiger partial charge is 0.497 e. The fourth-order valence-electron chi connectivity index (χ4n) is 2.95. The molecule has 0 saturated carbocycles. The lowest BCUT2D eigenvalue weighted by Gasteiger charge is -2.09. The number of nitrogens with zero attached hydrogens (tertiary/aromatic N) is 2. The molecule has 0 spiro atoms. The van der Waals surface area contributed by atoms with Crippen LogP contribution in [0, 0.1) is 0 Å². The second kappa shape index (κ2) is 10.4. The monoisotopic (exact) mass is 525 g/mol. The number of aromatic nitrogens is 2. The molecule has 2 aromatic carbocycles. The van der Waals surface area contributed by atoms with Crippen molar-refractivity contribution in [2.45, 2.75) is 12.8 Å². The molecule has 3 rings (SSSR count). The van der Waals surface area contributed by atoms with Crippen LogP contribution in [0.3, 0.4) is 0 Å². The highest BCUT2D eigenvalue weighted by Gasteiger charge is 2.18. The lowest BCUT2D eigenvalue weighted by molar-refractivity contribution is -0.118. The van der Waals surface area contributed by atoms with Crippen molar-refractivity contribution in [2.75, 3.05) is 18.1 Å². The van der Waals surface area contributed by atoms with E-state index in [1.54, 1.807) is 31.4 Å². The van der Waals surface area contributed by atoms with Gasteiger partial charge in [-0.15, -0.1) is 20.7 Å². The number of ether oxygens (including phenoxy) is 1. The third kappa shape index (κ3) is 5.50. The quantitative estimate of drug-likeness (QED) is 0.330. The molecule has 158 valence electrons. The highest BCUT2D eigenvalue weighted by molar-refractivity contribution is 14.2. The molecular weight excluding hydrogens is 503 g/mol. The van der Waals surface area contributed by atoms with E-state index in [1.165, 1.54) is 10.7 Å². The number of halogens is 3. The SMILES string of the molecule is C=ICC(=O)NCCc1ccc(-c2cc(C(F)F)nn2-c2ccc(OC)cc2)cc1. The summed E-state index contributed by atoms with van der Waals surface area (Å²) in [5, 5.41) is 6.97. The average Bonchev–Trinajstić information content (AvgIpc) is 3.20. The van der Waals surface area contributed by atoms with Gasteiger partial charge in [0.05, 0.1) is 22.9 Å². The molecule has 1 aromatic heterocycles. The van der Waals surface area contributed by atoms with Crippen molar-refractivity contribution in [3.8, 4) is 22.7 Å². The molecular formula is C22H22F2IN3O2. The van der Waals surface area contributed by atoms with Crippen LogP contribution < -0.4 is 10.1 Å². The second-order valence-corrected chi connectivity index (χ2v) is 8.33. The minimum atomic E-state index is -2.66. The van der Waals surface area contributed by atoms with Crippen LogP contribution in [0.25, 0.3) is 16.9 Å². The molecule has 0 aliphatic heterocycles. The van der Waals surface area contributed by atoms with E-state index in [2.05, 4.69) is 14.9 Å². The maximum absolute atomic E-state index is 13.3. The number of benzene rings is 2.